The van der Waals surface area contributed by atoms with Crippen LogP contribution in [0.5, 0.6) is 0 Å². The molecule has 92 valence electrons. The lowest BCUT2D eigenvalue weighted by Crippen LogP contribution is -2.58. The fourth-order valence-electron chi connectivity index (χ4n) is 1.72. The first-order valence-corrected chi connectivity index (χ1v) is 5.80. The van der Waals surface area contributed by atoms with E-state index >= 15 is 0 Å². The van der Waals surface area contributed by atoms with E-state index in [4.69, 9.17) is 22.1 Å². The molecule has 0 atom stereocenters. The van der Waals surface area contributed by atoms with Crippen LogP contribution in [0.1, 0.15) is 12.0 Å². The minimum absolute atomic E-state index is 0.110. The van der Waals surface area contributed by atoms with Crippen LogP contribution in [0, 0.1) is 6.92 Å². The van der Waals surface area contributed by atoms with Crippen LogP contribution in [-0.4, -0.2) is 24.7 Å². The Labute approximate surface area is 105 Å². The lowest BCUT2D eigenvalue weighted by molar-refractivity contribution is -0.123. The summed E-state index contributed by atoms with van der Waals surface area (Å²) in [7, 11) is 0. The molecule has 2 rings (SSSR count). The average molecular weight is 255 g/mol. The number of hydrogen-bond donors (Lipinski definition) is 2. The molecule has 4 nitrogen and oxygen atoms in total. The molecule has 0 unspecified atom stereocenters. The molecule has 1 fully saturated rings. The third-order valence-electron chi connectivity index (χ3n) is 2.83. The first-order chi connectivity index (χ1) is 8.00. The number of rotatable bonds is 3. The van der Waals surface area contributed by atoms with Crippen molar-refractivity contribution in [2.45, 2.75) is 18.9 Å². The van der Waals surface area contributed by atoms with Gasteiger partial charge in [0.25, 0.3) is 0 Å². The van der Waals surface area contributed by atoms with Crippen molar-refractivity contribution in [1.82, 2.24) is 0 Å². The Balaban J connectivity index is 2.00. The molecular weight excluding hydrogens is 240 g/mol. The van der Waals surface area contributed by atoms with Gasteiger partial charge in [0.2, 0.25) is 5.91 Å². The molecular formula is C12H15ClN2O2. The Kier molecular flexibility index (Phi) is 3.38. The van der Waals surface area contributed by atoms with Crippen molar-refractivity contribution in [2.24, 2.45) is 5.73 Å². The number of hydrogen-bond acceptors (Lipinski definition) is 3. The zero-order chi connectivity index (χ0) is 12.5. The van der Waals surface area contributed by atoms with Gasteiger partial charge in [-0.05, 0) is 24.6 Å². The summed E-state index contributed by atoms with van der Waals surface area (Å²) in [5.74, 6) is -0.110. The Morgan fingerprint density at radius 1 is 1.59 bits per heavy atom. The van der Waals surface area contributed by atoms with Crippen LogP contribution >= 0.6 is 11.6 Å². The van der Waals surface area contributed by atoms with E-state index in [0.717, 1.165) is 11.3 Å². The van der Waals surface area contributed by atoms with E-state index in [1.165, 1.54) is 0 Å². The van der Waals surface area contributed by atoms with Crippen LogP contribution in [0.2, 0.25) is 5.02 Å². The number of anilines is 1. The highest BCUT2D eigenvalue weighted by Crippen LogP contribution is 2.24. The molecule has 1 aliphatic rings. The first-order valence-electron chi connectivity index (χ1n) is 5.42. The van der Waals surface area contributed by atoms with Gasteiger partial charge >= 0.3 is 0 Å². The van der Waals surface area contributed by atoms with Crippen LogP contribution in [0.3, 0.4) is 0 Å². The quantitative estimate of drug-likeness (QED) is 0.863. The maximum atomic E-state index is 11.8. The average Bonchev–Trinajstić information content (AvgIpc) is 2.22. The minimum atomic E-state index is -0.503. The van der Waals surface area contributed by atoms with E-state index in [-0.39, 0.29) is 12.3 Å². The molecule has 1 saturated heterocycles. The minimum Gasteiger partial charge on any atom is -0.377 e. The molecule has 0 aliphatic carbocycles. The largest absolute Gasteiger partial charge is 0.377 e. The number of carbonyl (C=O) groups excluding carboxylic acids is 1. The lowest BCUT2D eigenvalue weighted by atomic mass is 9.94. The lowest BCUT2D eigenvalue weighted by Gasteiger charge is -2.37. The van der Waals surface area contributed by atoms with Gasteiger partial charge in [-0.1, -0.05) is 17.7 Å². The smallest absolute Gasteiger partial charge is 0.226 e. The number of nitrogens with one attached hydrogen (secondary N) is 1. The van der Waals surface area contributed by atoms with E-state index in [1.54, 1.807) is 12.1 Å². The second kappa shape index (κ2) is 4.64. The van der Waals surface area contributed by atoms with E-state index in [9.17, 15) is 4.79 Å². The normalized spacial score (nSPS) is 17.4. The van der Waals surface area contributed by atoms with Crippen molar-refractivity contribution in [2.75, 3.05) is 18.5 Å². The summed E-state index contributed by atoms with van der Waals surface area (Å²) in [4.78, 5) is 11.8. The van der Waals surface area contributed by atoms with E-state index in [0.29, 0.717) is 18.2 Å². The van der Waals surface area contributed by atoms with Gasteiger partial charge in [0.05, 0.1) is 18.8 Å². The van der Waals surface area contributed by atoms with E-state index < -0.39 is 5.54 Å². The molecule has 1 aliphatic heterocycles. The summed E-state index contributed by atoms with van der Waals surface area (Å²) in [6.07, 6.45) is 0.263. The Morgan fingerprint density at radius 3 is 2.88 bits per heavy atom. The molecule has 1 amide bonds. The SMILES string of the molecule is Cc1c(Cl)cccc1NC(=O)CC1(N)COC1. The number of nitrogens with two attached hydrogens (primary N) is 1. The monoisotopic (exact) mass is 254 g/mol. The van der Waals surface area contributed by atoms with Gasteiger partial charge in [0.1, 0.15) is 0 Å². The number of benzene rings is 1. The van der Waals surface area contributed by atoms with Crippen molar-refractivity contribution in [1.29, 1.82) is 0 Å². The Morgan fingerprint density at radius 2 is 2.29 bits per heavy atom. The standard InChI is InChI=1S/C12H15ClN2O2/c1-8-9(13)3-2-4-10(8)15-11(16)5-12(14)6-17-7-12/h2-4H,5-7,14H2,1H3,(H,15,16). The van der Waals surface area contributed by atoms with Crippen LogP contribution in [0.25, 0.3) is 0 Å². The number of halogens is 1. The molecule has 0 radical (unpaired) electrons. The molecule has 3 N–H and O–H groups in total. The van der Waals surface area contributed by atoms with Crippen molar-refractivity contribution in [3.05, 3.63) is 28.8 Å². The second-order valence-corrected chi connectivity index (χ2v) is 4.90. The van der Waals surface area contributed by atoms with Gasteiger partial charge in [-0.3, -0.25) is 4.79 Å². The number of ether oxygens (including phenoxy) is 1. The molecule has 0 aromatic heterocycles. The number of amides is 1. The summed E-state index contributed by atoms with van der Waals surface area (Å²) in [6.45, 7) is 2.74. The highest BCUT2D eigenvalue weighted by Gasteiger charge is 2.36. The fraction of sp³-hybridized carbons (Fsp3) is 0.417. The fourth-order valence-corrected chi connectivity index (χ4v) is 1.90. The van der Waals surface area contributed by atoms with Gasteiger partial charge < -0.3 is 15.8 Å². The van der Waals surface area contributed by atoms with Crippen molar-refractivity contribution in [3.63, 3.8) is 0 Å². The van der Waals surface area contributed by atoms with Gasteiger partial charge in [-0.2, -0.15) is 0 Å². The zero-order valence-corrected chi connectivity index (χ0v) is 10.4. The van der Waals surface area contributed by atoms with Crippen LogP contribution in [0.4, 0.5) is 5.69 Å². The summed E-state index contributed by atoms with van der Waals surface area (Å²) >= 11 is 5.97. The van der Waals surface area contributed by atoms with Gasteiger partial charge in [0, 0.05) is 17.1 Å². The van der Waals surface area contributed by atoms with Crippen LogP contribution < -0.4 is 11.1 Å². The molecule has 1 aromatic rings. The maximum absolute atomic E-state index is 11.8. The summed E-state index contributed by atoms with van der Waals surface area (Å²) in [5.41, 5.74) is 7.00. The van der Waals surface area contributed by atoms with Crippen molar-refractivity contribution >= 4 is 23.2 Å². The summed E-state index contributed by atoms with van der Waals surface area (Å²) in [5, 5.41) is 3.45. The second-order valence-electron chi connectivity index (χ2n) is 4.49. The third-order valence-corrected chi connectivity index (χ3v) is 3.24. The molecule has 0 spiro atoms. The van der Waals surface area contributed by atoms with Gasteiger partial charge in [-0.25, -0.2) is 0 Å². The Bertz CT molecular complexity index is 444. The van der Waals surface area contributed by atoms with Crippen LogP contribution in [0.15, 0.2) is 18.2 Å². The highest BCUT2D eigenvalue weighted by atomic mass is 35.5. The topological polar surface area (TPSA) is 64.4 Å². The van der Waals surface area contributed by atoms with Gasteiger partial charge in [0.15, 0.2) is 0 Å². The van der Waals surface area contributed by atoms with E-state index in [2.05, 4.69) is 5.32 Å². The highest BCUT2D eigenvalue weighted by molar-refractivity contribution is 6.31. The molecule has 1 aromatic carbocycles. The number of carbonyl (C=O) groups is 1. The predicted octanol–water partition coefficient (Wildman–Crippen LogP) is 1.70. The third kappa shape index (κ3) is 2.77. The summed E-state index contributed by atoms with van der Waals surface area (Å²) < 4.78 is 5.01. The van der Waals surface area contributed by atoms with Crippen LogP contribution in [-0.2, 0) is 9.53 Å². The molecule has 5 heteroatoms. The summed E-state index contributed by atoms with van der Waals surface area (Å²) in [6, 6.07) is 5.41. The molecule has 17 heavy (non-hydrogen) atoms. The maximum Gasteiger partial charge on any atom is 0.226 e. The van der Waals surface area contributed by atoms with Gasteiger partial charge in [-0.15, -0.1) is 0 Å². The predicted molar refractivity (Wildman–Crippen MR) is 67.2 cm³/mol. The zero-order valence-electron chi connectivity index (χ0n) is 9.63. The first kappa shape index (κ1) is 12.4. The molecule has 0 bridgehead atoms. The van der Waals surface area contributed by atoms with Crippen molar-refractivity contribution < 1.29 is 9.53 Å². The van der Waals surface area contributed by atoms with Crippen molar-refractivity contribution in [3.8, 4) is 0 Å². The van der Waals surface area contributed by atoms with E-state index in [1.807, 2.05) is 13.0 Å². The molecule has 0 saturated carbocycles. The Hall–Kier alpha value is -1.10. The molecule has 1 heterocycles.